The van der Waals surface area contributed by atoms with Crippen LogP contribution < -0.4 is 9.47 Å². The third-order valence-electron chi connectivity index (χ3n) is 3.79. The van der Waals surface area contributed by atoms with Gasteiger partial charge in [-0.15, -0.1) is 0 Å². The molecule has 134 valence electrons. The van der Waals surface area contributed by atoms with E-state index in [4.69, 9.17) is 9.47 Å². The summed E-state index contributed by atoms with van der Waals surface area (Å²) in [5.41, 5.74) is 0.355. The Kier molecular flexibility index (Phi) is 8.41. The molecule has 0 amide bonds. The van der Waals surface area contributed by atoms with Crippen molar-refractivity contribution < 1.29 is 18.8 Å². The van der Waals surface area contributed by atoms with E-state index >= 15 is 0 Å². The van der Waals surface area contributed by atoms with Crippen molar-refractivity contribution in [1.82, 2.24) is 0 Å². The minimum Gasteiger partial charge on any atom is -0.493 e. The molecule has 0 saturated carbocycles. The quantitative estimate of drug-likeness (QED) is 0.395. The van der Waals surface area contributed by atoms with Gasteiger partial charge in [-0.2, -0.15) is 0 Å². The van der Waals surface area contributed by atoms with Crippen LogP contribution in [0.4, 0.5) is 0 Å². The molecule has 0 aliphatic carbocycles. The number of ketones is 1. The summed E-state index contributed by atoms with van der Waals surface area (Å²) in [5.74, 6) is 1.49. The highest BCUT2D eigenvalue weighted by Crippen LogP contribution is 2.36. The van der Waals surface area contributed by atoms with Gasteiger partial charge >= 0.3 is 0 Å². The molecule has 0 radical (unpaired) electrons. The fourth-order valence-corrected chi connectivity index (χ4v) is 3.45. The van der Waals surface area contributed by atoms with E-state index in [0.717, 1.165) is 6.42 Å². The van der Waals surface area contributed by atoms with E-state index in [-0.39, 0.29) is 19.7 Å². The van der Waals surface area contributed by atoms with Gasteiger partial charge in [-0.05, 0) is 43.7 Å². The summed E-state index contributed by atoms with van der Waals surface area (Å²) in [6.07, 6.45) is 1.86. The van der Waals surface area contributed by atoms with Crippen molar-refractivity contribution in [2.24, 2.45) is 11.3 Å². The molecule has 0 heterocycles. The number of carbonyl (C=O) groups excluding carboxylic acids is 1. The van der Waals surface area contributed by atoms with Crippen LogP contribution in [0.2, 0.25) is 0 Å². The Morgan fingerprint density at radius 1 is 1.17 bits per heavy atom. The number of hydrogen-bond donors (Lipinski definition) is 0. The Balaban J connectivity index is 3.02. The van der Waals surface area contributed by atoms with Gasteiger partial charge in [0.25, 0.3) is 0 Å². The maximum absolute atomic E-state index is 13.0. The second-order valence-electron chi connectivity index (χ2n) is 6.88. The lowest BCUT2D eigenvalue weighted by molar-refractivity contribution is 0.0910. The number of carbonyl (C=O) groups is 1. The van der Waals surface area contributed by atoms with Crippen LogP contribution in [-0.4, -0.2) is 25.2 Å². The molecular weight excluding hydrogens is 323 g/mol. The normalized spacial score (nSPS) is 12.9. The number of ether oxygens (including phenoxy) is 2. The first-order valence-corrected chi connectivity index (χ1v) is 9.55. The summed E-state index contributed by atoms with van der Waals surface area (Å²) in [5, 5.41) is 0. The predicted octanol–water partition coefficient (Wildman–Crippen LogP) is 5.40. The molecular formula is C19H29O4P. The van der Waals surface area contributed by atoms with E-state index in [0.29, 0.717) is 48.8 Å². The molecule has 24 heavy (non-hydrogen) atoms. The predicted molar refractivity (Wildman–Crippen MR) is 97.8 cm³/mol. The van der Waals surface area contributed by atoms with Crippen LogP contribution in [0, 0.1) is 11.3 Å². The summed E-state index contributed by atoms with van der Waals surface area (Å²) >= 11 is 0. The van der Waals surface area contributed by atoms with Gasteiger partial charge in [-0.1, -0.05) is 26.8 Å². The summed E-state index contributed by atoms with van der Waals surface area (Å²) in [4.78, 5) is 13.0. The Morgan fingerprint density at radius 3 is 2.17 bits per heavy atom. The third-order valence-corrected chi connectivity index (χ3v) is 4.57. The largest absolute Gasteiger partial charge is 0.493 e. The zero-order valence-electron chi connectivity index (χ0n) is 15.4. The molecule has 4 nitrogen and oxygen atoms in total. The molecule has 0 aliphatic heterocycles. The maximum Gasteiger partial charge on any atom is 0.170 e. The standard InChI is InChI=1S/C19H29O4P/c1-6-22-16-9-8-10-17(23-7-2)18(16)15(20)12-19(4,5)11-14(3)13-24-21/h8-10,14H,6-7,11-13H2,1-5H3. The smallest absolute Gasteiger partial charge is 0.170 e. The maximum atomic E-state index is 13.0. The van der Waals surface area contributed by atoms with Crippen molar-refractivity contribution in [3.63, 3.8) is 0 Å². The first-order chi connectivity index (χ1) is 11.3. The van der Waals surface area contributed by atoms with Crippen LogP contribution in [0.5, 0.6) is 11.5 Å². The molecule has 0 spiro atoms. The molecule has 1 aromatic carbocycles. The Labute approximate surface area is 147 Å². The summed E-state index contributed by atoms with van der Waals surface area (Å²) in [6.45, 7) is 11.0. The van der Waals surface area contributed by atoms with E-state index in [1.165, 1.54) is 0 Å². The van der Waals surface area contributed by atoms with Crippen molar-refractivity contribution in [3.05, 3.63) is 23.8 Å². The van der Waals surface area contributed by atoms with Gasteiger partial charge in [0.2, 0.25) is 0 Å². The van der Waals surface area contributed by atoms with Crippen LogP contribution >= 0.6 is 8.46 Å². The van der Waals surface area contributed by atoms with Crippen LogP contribution in [0.15, 0.2) is 18.2 Å². The molecule has 0 bridgehead atoms. The van der Waals surface area contributed by atoms with Crippen LogP contribution in [0.1, 0.15) is 57.8 Å². The van der Waals surface area contributed by atoms with Gasteiger partial charge in [-0.25, -0.2) is 0 Å². The molecule has 0 saturated heterocycles. The summed E-state index contributed by atoms with van der Waals surface area (Å²) in [7, 11) is 0.161. The molecule has 1 atom stereocenters. The van der Waals surface area contributed by atoms with E-state index in [1.54, 1.807) is 0 Å². The van der Waals surface area contributed by atoms with Gasteiger partial charge in [-0.3, -0.25) is 9.36 Å². The average Bonchev–Trinajstić information content (AvgIpc) is 2.47. The van der Waals surface area contributed by atoms with Crippen molar-refractivity contribution in [1.29, 1.82) is 0 Å². The van der Waals surface area contributed by atoms with Crippen molar-refractivity contribution in [3.8, 4) is 11.5 Å². The Bertz CT molecular complexity index is 530. The molecule has 5 heteroatoms. The fourth-order valence-electron chi connectivity index (χ4n) is 3.07. The summed E-state index contributed by atoms with van der Waals surface area (Å²) < 4.78 is 22.0. The Morgan fingerprint density at radius 2 is 1.71 bits per heavy atom. The summed E-state index contributed by atoms with van der Waals surface area (Å²) in [6, 6.07) is 5.46. The SMILES string of the molecule is CCOc1cccc(OCC)c1C(=O)CC(C)(C)CC(C)CP=O. The lowest BCUT2D eigenvalue weighted by Crippen LogP contribution is -2.21. The molecule has 1 unspecified atom stereocenters. The topological polar surface area (TPSA) is 52.6 Å². The van der Waals surface area contributed by atoms with E-state index < -0.39 is 0 Å². The lowest BCUT2D eigenvalue weighted by atomic mass is 9.78. The van der Waals surface area contributed by atoms with Gasteiger partial charge in [0.1, 0.15) is 17.1 Å². The monoisotopic (exact) mass is 352 g/mol. The zero-order valence-corrected chi connectivity index (χ0v) is 16.3. The second kappa shape index (κ2) is 9.78. The first-order valence-electron chi connectivity index (χ1n) is 8.55. The highest BCUT2D eigenvalue weighted by Gasteiger charge is 2.28. The van der Waals surface area contributed by atoms with Gasteiger partial charge < -0.3 is 9.47 Å². The van der Waals surface area contributed by atoms with E-state index in [9.17, 15) is 9.36 Å². The number of Topliss-reactive ketones (excluding diaryl/α,β-unsaturated/α-hetero) is 1. The lowest BCUT2D eigenvalue weighted by Gasteiger charge is -2.27. The second-order valence-corrected chi connectivity index (χ2v) is 7.50. The Hall–Kier alpha value is -1.41. The molecule has 0 N–H and O–H groups in total. The molecule has 1 aromatic rings. The van der Waals surface area contributed by atoms with Crippen molar-refractivity contribution in [2.45, 2.75) is 47.5 Å². The van der Waals surface area contributed by atoms with E-state index in [1.807, 2.05) is 32.0 Å². The van der Waals surface area contributed by atoms with Crippen LogP contribution in [-0.2, 0) is 4.57 Å². The number of rotatable bonds is 11. The van der Waals surface area contributed by atoms with Crippen molar-refractivity contribution >= 4 is 14.2 Å². The van der Waals surface area contributed by atoms with Crippen LogP contribution in [0.25, 0.3) is 0 Å². The van der Waals surface area contributed by atoms with Crippen molar-refractivity contribution in [2.75, 3.05) is 19.4 Å². The minimum absolute atomic E-state index is 0.0272. The van der Waals surface area contributed by atoms with Gasteiger partial charge in [0.15, 0.2) is 14.2 Å². The highest BCUT2D eigenvalue weighted by molar-refractivity contribution is 7.23. The van der Waals surface area contributed by atoms with Gasteiger partial charge in [0.05, 0.1) is 13.2 Å². The zero-order chi connectivity index (χ0) is 18.2. The molecule has 0 aromatic heterocycles. The molecule has 1 rings (SSSR count). The first kappa shape index (κ1) is 20.6. The fraction of sp³-hybridized carbons (Fsp3) is 0.632. The highest BCUT2D eigenvalue weighted by atomic mass is 31.1. The average molecular weight is 352 g/mol. The molecule has 0 fully saturated rings. The molecule has 0 aliphatic rings. The van der Waals surface area contributed by atoms with E-state index in [2.05, 4.69) is 20.8 Å². The van der Waals surface area contributed by atoms with Gasteiger partial charge in [0, 0.05) is 12.6 Å². The van der Waals surface area contributed by atoms with Crippen LogP contribution in [0.3, 0.4) is 0 Å². The third kappa shape index (κ3) is 6.24. The number of hydrogen-bond acceptors (Lipinski definition) is 4. The minimum atomic E-state index is -0.177. The number of benzene rings is 1.